The number of carbonyl (C=O) groups is 2. The minimum atomic E-state index is -0.485. The molecular formula is C18H28N4O4. The van der Waals surface area contributed by atoms with Gasteiger partial charge in [0, 0.05) is 56.3 Å². The fourth-order valence-electron chi connectivity index (χ4n) is 3.50. The number of H-pyrrole nitrogens is 1. The Morgan fingerprint density at radius 1 is 1.38 bits per heavy atom. The largest absolute Gasteiger partial charge is 0.444 e. The van der Waals surface area contributed by atoms with Crippen molar-refractivity contribution in [2.75, 3.05) is 31.1 Å². The van der Waals surface area contributed by atoms with Gasteiger partial charge in [0.05, 0.1) is 0 Å². The lowest BCUT2D eigenvalue weighted by Gasteiger charge is -2.33. The smallest absolute Gasteiger partial charge is 0.410 e. The molecule has 1 unspecified atom stereocenters. The molecule has 2 fully saturated rings. The van der Waals surface area contributed by atoms with Crippen LogP contribution in [0.1, 0.15) is 51.6 Å². The molecule has 3 heterocycles. The Balaban J connectivity index is 1.57. The van der Waals surface area contributed by atoms with Gasteiger partial charge in [-0.25, -0.2) is 4.79 Å². The highest BCUT2D eigenvalue weighted by molar-refractivity contribution is 5.94. The molecule has 3 rings (SSSR count). The molecule has 8 nitrogen and oxygen atoms in total. The molecule has 2 amide bonds. The summed E-state index contributed by atoms with van der Waals surface area (Å²) >= 11 is 0. The summed E-state index contributed by atoms with van der Waals surface area (Å²) in [5.41, 5.74) is 0.505. The topological polar surface area (TPSA) is 98.8 Å². The summed E-state index contributed by atoms with van der Waals surface area (Å²) in [7, 11) is 0. The molecule has 0 bridgehead atoms. The Morgan fingerprint density at radius 3 is 2.65 bits per heavy atom. The summed E-state index contributed by atoms with van der Waals surface area (Å²) in [5.74, 6) is 0.887. The number of hydrogen-bond acceptors (Lipinski definition) is 5. The number of likely N-dealkylation sites (tertiary alicyclic amines) is 1. The highest BCUT2D eigenvalue weighted by Gasteiger charge is 2.33. The predicted molar refractivity (Wildman–Crippen MR) is 95.9 cm³/mol. The summed E-state index contributed by atoms with van der Waals surface area (Å²) < 4.78 is 5.42. The lowest BCUT2D eigenvalue weighted by atomic mass is 9.94. The highest BCUT2D eigenvalue weighted by atomic mass is 16.6. The number of anilines is 1. The molecule has 2 saturated heterocycles. The van der Waals surface area contributed by atoms with Crippen molar-refractivity contribution >= 4 is 17.8 Å². The number of piperidine rings is 1. The van der Waals surface area contributed by atoms with Gasteiger partial charge in [0.15, 0.2) is 5.82 Å². The number of amides is 2. The maximum absolute atomic E-state index is 12.1. The summed E-state index contributed by atoms with van der Waals surface area (Å²) in [6, 6.07) is 1.92. The van der Waals surface area contributed by atoms with E-state index in [1.165, 1.54) is 0 Å². The molecule has 0 aliphatic carbocycles. The fourth-order valence-corrected chi connectivity index (χ4v) is 3.50. The summed E-state index contributed by atoms with van der Waals surface area (Å²) in [5, 5.41) is 16.6. The van der Waals surface area contributed by atoms with Crippen molar-refractivity contribution in [2.45, 2.75) is 51.6 Å². The first-order chi connectivity index (χ1) is 12.3. The van der Waals surface area contributed by atoms with Crippen LogP contribution in [-0.2, 0) is 9.53 Å². The Hall–Kier alpha value is -2.09. The van der Waals surface area contributed by atoms with Crippen LogP contribution >= 0.6 is 0 Å². The molecule has 144 valence electrons. The van der Waals surface area contributed by atoms with E-state index in [9.17, 15) is 14.7 Å². The first-order valence-corrected chi connectivity index (χ1v) is 9.21. The third kappa shape index (κ3) is 4.17. The minimum Gasteiger partial charge on any atom is -0.444 e. The SMILES string of the molecule is CC(C)(C)OC(=O)N1CCC(c2cc(N3CC(CO)CC3=O)n[nH]2)CC1. The summed E-state index contributed by atoms with van der Waals surface area (Å²) in [6.45, 7) is 7.41. The van der Waals surface area contributed by atoms with Crippen molar-refractivity contribution in [3.8, 4) is 0 Å². The van der Waals surface area contributed by atoms with Crippen LogP contribution in [0.3, 0.4) is 0 Å². The molecule has 1 aromatic rings. The van der Waals surface area contributed by atoms with Crippen LogP contribution in [0.2, 0.25) is 0 Å². The summed E-state index contributed by atoms with van der Waals surface area (Å²) in [6.07, 6.45) is 1.76. The molecular weight excluding hydrogens is 336 g/mol. The number of carbonyl (C=O) groups excluding carboxylic acids is 2. The summed E-state index contributed by atoms with van der Waals surface area (Å²) in [4.78, 5) is 27.6. The zero-order valence-electron chi connectivity index (χ0n) is 15.7. The van der Waals surface area contributed by atoms with Gasteiger partial charge in [-0.1, -0.05) is 0 Å². The van der Waals surface area contributed by atoms with Crippen molar-refractivity contribution in [3.05, 3.63) is 11.8 Å². The maximum Gasteiger partial charge on any atom is 0.410 e. The van der Waals surface area contributed by atoms with Gasteiger partial charge < -0.3 is 14.7 Å². The third-order valence-electron chi connectivity index (χ3n) is 4.91. The van der Waals surface area contributed by atoms with E-state index in [4.69, 9.17) is 4.74 Å². The molecule has 1 atom stereocenters. The number of rotatable bonds is 3. The van der Waals surface area contributed by atoms with Gasteiger partial charge in [0.1, 0.15) is 5.60 Å². The number of aromatic nitrogens is 2. The zero-order valence-corrected chi connectivity index (χ0v) is 15.7. The van der Waals surface area contributed by atoms with Gasteiger partial charge >= 0.3 is 6.09 Å². The van der Waals surface area contributed by atoms with Gasteiger partial charge in [-0.3, -0.25) is 14.8 Å². The molecule has 26 heavy (non-hydrogen) atoms. The predicted octanol–water partition coefficient (Wildman–Crippen LogP) is 1.87. The molecule has 2 N–H and O–H groups in total. The van der Waals surface area contributed by atoms with E-state index < -0.39 is 5.60 Å². The van der Waals surface area contributed by atoms with Gasteiger partial charge in [-0.2, -0.15) is 5.10 Å². The van der Waals surface area contributed by atoms with Gasteiger partial charge in [0.2, 0.25) is 5.91 Å². The van der Waals surface area contributed by atoms with Crippen molar-refractivity contribution in [2.24, 2.45) is 5.92 Å². The van der Waals surface area contributed by atoms with Crippen LogP contribution in [-0.4, -0.2) is 64.0 Å². The number of nitrogens with zero attached hydrogens (tertiary/aromatic N) is 3. The van der Waals surface area contributed by atoms with Crippen LogP contribution in [0.25, 0.3) is 0 Å². The van der Waals surface area contributed by atoms with E-state index >= 15 is 0 Å². The van der Waals surface area contributed by atoms with E-state index in [0.717, 1.165) is 18.5 Å². The Labute approximate surface area is 153 Å². The van der Waals surface area contributed by atoms with Gasteiger partial charge in [-0.05, 0) is 33.6 Å². The quantitative estimate of drug-likeness (QED) is 0.853. The first kappa shape index (κ1) is 18.7. The minimum absolute atomic E-state index is 0.00171. The molecule has 0 radical (unpaired) electrons. The van der Waals surface area contributed by atoms with E-state index in [0.29, 0.717) is 31.9 Å². The van der Waals surface area contributed by atoms with E-state index in [1.54, 1.807) is 9.80 Å². The van der Waals surface area contributed by atoms with Gasteiger partial charge in [0.25, 0.3) is 0 Å². The fraction of sp³-hybridized carbons (Fsp3) is 0.722. The third-order valence-corrected chi connectivity index (χ3v) is 4.91. The van der Waals surface area contributed by atoms with Crippen molar-refractivity contribution in [3.63, 3.8) is 0 Å². The van der Waals surface area contributed by atoms with Gasteiger partial charge in [-0.15, -0.1) is 0 Å². The average Bonchev–Trinajstić information content (AvgIpc) is 3.19. The number of ether oxygens (including phenoxy) is 1. The zero-order chi connectivity index (χ0) is 18.9. The lowest BCUT2D eigenvalue weighted by Crippen LogP contribution is -2.41. The molecule has 8 heteroatoms. The lowest BCUT2D eigenvalue weighted by molar-refractivity contribution is -0.117. The number of hydrogen-bond donors (Lipinski definition) is 2. The number of nitrogens with one attached hydrogen (secondary N) is 1. The van der Waals surface area contributed by atoms with Crippen LogP contribution in [0.4, 0.5) is 10.6 Å². The molecule has 0 aromatic carbocycles. The van der Waals surface area contributed by atoms with E-state index in [1.807, 2.05) is 26.8 Å². The monoisotopic (exact) mass is 364 g/mol. The standard InChI is InChI=1S/C18H28N4O4/c1-18(2,3)26-17(25)21-6-4-13(5-7-21)14-9-15(20-19-14)22-10-12(11-23)8-16(22)24/h9,12-13,23H,4-8,10-11H2,1-3H3,(H,19,20). The molecule has 1 aromatic heterocycles. The van der Waals surface area contributed by atoms with E-state index in [-0.39, 0.29) is 30.4 Å². The Bertz CT molecular complexity index is 658. The number of aliphatic hydroxyl groups excluding tert-OH is 1. The highest BCUT2D eigenvalue weighted by Crippen LogP contribution is 2.31. The Morgan fingerprint density at radius 2 is 2.08 bits per heavy atom. The normalized spacial score (nSPS) is 22.2. The molecule has 2 aliphatic rings. The molecule has 0 saturated carbocycles. The maximum atomic E-state index is 12.1. The van der Waals surface area contributed by atoms with Crippen LogP contribution in [0.15, 0.2) is 6.07 Å². The van der Waals surface area contributed by atoms with Crippen molar-refractivity contribution in [1.82, 2.24) is 15.1 Å². The van der Waals surface area contributed by atoms with Crippen molar-refractivity contribution in [1.29, 1.82) is 0 Å². The number of aromatic amines is 1. The Kier molecular flexibility index (Phi) is 5.22. The average molecular weight is 364 g/mol. The molecule has 0 spiro atoms. The van der Waals surface area contributed by atoms with Crippen molar-refractivity contribution < 1.29 is 19.4 Å². The second kappa shape index (κ2) is 7.26. The molecule has 2 aliphatic heterocycles. The van der Waals surface area contributed by atoms with Crippen LogP contribution < -0.4 is 4.90 Å². The number of aliphatic hydroxyl groups is 1. The first-order valence-electron chi connectivity index (χ1n) is 9.21. The second-order valence-corrected chi connectivity index (χ2v) is 8.18. The van der Waals surface area contributed by atoms with E-state index in [2.05, 4.69) is 10.2 Å². The second-order valence-electron chi connectivity index (χ2n) is 8.18. The van der Waals surface area contributed by atoms with Crippen LogP contribution in [0.5, 0.6) is 0 Å². The van der Waals surface area contributed by atoms with Crippen LogP contribution in [0, 0.1) is 5.92 Å².